The molecule has 0 radical (unpaired) electrons. The van der Waals surface area contributed by atoms with E-state index in [4.69, 9.17) is 9.47 Å². The van der Waals surface area contributed by atoms with Crippen molar-refractivity contribution in [1.82, 2.24) is 4.90 Å². The van der Waals surface area contributed by atoms with Crippen LogP contribution < -0.4 is 9.04 Å². The first-order chi connectivity index (χ1) is 13.3. The predicted octanol–water partition coefficient (Wildman–Crippen LogP) is 1.65. The van der Waals surface area contributed by atoms with Crippen molar-refractivity contribution in [2.75, 3.05) is 44.4 Å². The van der Waals surface area contributed by atoms with Gasteiger partial charge in [-0.25, -0.2) is 8.42 Å². The molecule has 1 aliphatic heterocycles. The number of sulfonamides is 1. The Labute approximate surface area is 166 Å². The minimum absolute atomic E-state index is 0.0307. The summed E-state index contributed by atoms with van der Waals surface area (Å²) in [7, 11) is -0.659. The molecule has 0 aromatic heterocycles. The van der Waals surface area contributed by atoms with Gasteiger partial charge in [-0.2, -0.15) is 0 Å². The van der Waals surface area contributed by atoms with Gasteiger partial charge in [-0.1, -0.05) is 12.1 Å². The molecule has 1 amide bonds. The summed E-state index contributed by atoms with van der Waals surface area (Å²) >= 11 is 0. The van der Waals surface area contributed by atoms with Crippen LogP contribution in [0.2, 0.25) is 0 Å². The molecule has 1 aromatic rings. The molecule has 1 fully saturated rings. The maximum absolute atomic E-state index is 12.5. The number of methoxy groups -OCH3 is 2. The van der Waals surface area contributed by atoms with Crippen molar-refractivity contribution >= 4 is 27.6 Å². The van der Waals surface area contributed by atoms with Crippen molar-refractivity contribution in [1.29, 1.82) is 0 Å². The summed E-state index contributed by atoms with van der Waals surface area (Å²) in [4.78, 5) is 25.8. The smallest absolute Gasteiger partial charge is 0.308 e. The fourth-order valence-electron chi connectivity index (χ4n) is 3.36. The van der Waals surface area contributed by atoms with Crippen molar-refractivity contribution < 1.29 is 27.5 Å². The molecule has 0 unspecified atom stereocenters. The van der Waals surface area contributed by atoms with Crippen LogP contribution in [0.1, 0.15) is 25.7 Å². The highest BCUT2D eigenvalue weighted by Crippen LogP contribution is 2.29. The van der Waals surface area contributed by atoms with Crippen LogP contribution in [0, 0.1) is 5.92 Å². The van der Waals surface area contributed by atoms with E-state index < -0.39 is 10.0 Å². The van der Waals surface area contributed by atoms with Gasteiger partial charge in [0, 0.05) is 26.1 Å². The number of benzene rings is 1. The second-order valence-corrected chi connectivity index (χ2v) is 8.70. The van der Waals surface area contributed by atoms with Crippen molar-refractivity contribution in [2.45, 2.75) is 25.7 Å². The monoisotopic (exact) mass is 412 g/mol. The van der Waals surface area contributed by atoms with Gasteiger partial charge >= 0.3 is 5.97 Å². The molecule has 0 atom stereocenters. The quantitative estimate of drug-likeness (QED) is 0.603. The number of carbonyl (C=O) groups excluding carboxylic acids is 2. The van der Waals surface area contributed by atoms with Gasteiger partial charge in [0.05, 0.1) is 32.1 Å². The number of piperidine rings is 1. The molecule has 156 valence electrons. The number of nitrogens with zero attached hydrogens (tertiary/aromatic N) is 2. The topological polar surface area (TPSA) is 93.2 Å². The Balaban J connectivity index is 1.93. The summed E-state index contributed by atoms with van der Waals surface area (Å²) in [6, 6.07) is 6.89. The lowest BCUT2D eigenvalue weighted by atomic mass is 9.97. The standard InChI is InChI=1S/C19H28N2O6S/c1-26-17-8-5-4-7-16(17)21(28(3,24)25)12-6-9-18(22)20-13-10-15(11-14-20)19(23)27-2/h4-5,7-8,15H,6,9-14H2,1-3H3. The fourth-order valence-corrected chi connectivity index (χ4v) is 4.33. The Hall–Kier alpha value is -2.29. The van der Waals surface area contributed by atoms with Crippen molar-refractivity contribution in [3.05, 3.63) is 24.3 Å². The van der Waals surface area contributed by atoms with Gasteiger partial charge in [-0.05, 0) is 31.4 Å². The lowest BCUT2D eigenvalue weighted by molar-refractivity contribution is -0.148. The molecule has 0 saturated carbocycles. The summed E-state index contributed by atoms with van der Waals surface area (Å²) in [6.45, 7) is 1.21. The Morgan fingerprint density at radius 1 is 1.18 bits per heavy atom. The van der Waals surface area contributed by atoms with E-state index in [1.165, 1.54) is 18.5 Å². The molecule has 1 aromatic carbocycles. The largest absolute Gasteiger partial charge is 0.495 e. The summed E-state index contributed by atoms with van der Waals surface area (Å²) in [5.41, 5.74) is 0.457. The molecule has 1 aliphatic rings. The van der Waals surface area contributed by atoms with Gasteiger partial charge in [0.2, 0.25) is 15.9 Å². The van der Waals surface area contributed by atoms with Crippen LogP contribution in [0.4, 0.5) is 5.69 Å². The summed E-state index contributed by atoms with van der Waals surface area (Å²) in [6.07, 6.45) is 2.95. The van der Waals surface area contributed by atoms with Gasteiger partial charge in [0.25, 0.3) is 0 Å². The zero-order chi connectivity index (χ0) is 20.7. The Bertz CT molecular complexity index is 787. The molecule has 9 heteroatoms. The summed E-state index contributed by atoms with van der Waals surface area (Å²) < 4.78 is 35.8. The fraction of sp³-hybridized carbons (Fsp3) is 0.579. The second kappa shape index (κ2) is 9.77. The number of esters is 1. The SMILES string of the molecule is COC(=O)C1CCN(C(=O)CCCN(c2ccccc2OC)S(C)(=O)=O)CC1. The number of ether oxygens (including phenoxy) is 2. The maximum atomic E-state index is 12.5. The zero-order valence-electron chi connectivity index (χ0n) is 16.6. The van der Waals surface area contributed by atoms with Crippen LogP contribution >= 0.6 is 0 Å². The molecular weight excluding hydrogens is 384 g/mol. The van der Waals surface area contributed by atoms with E-state index in [1.54, 1.807) is 29.2 Å². The second-order valence-electron chi connectivity index (χ2n) is 6.79. The number of hydrogen-bond acceptors (Lipinski definition) is 6. The van der Waals surface area contributed by atoms with Crippen molar-refractivity contribution in [2.24, 2.45) is 5.92 Å². The molecule has 1 saturated heterocycles. The highest BCUT2D eigenvalue weighted by Gasteiger charge is 2.28. The minimum Gasteiger partial charge on any atom is -0.495 e. The Morgan fingerprint density at radius 2 is 1.82 bits per heavy atom. The first kappa shape index (κ1) is 22.0. The van der Waals surface area contributed by atoms with Crippen LogP contribution in [0.25, 0.3) is 0 Å². The van der Waals surface area contributed by atoms with Gasteiger partial charge in [-0.15, -0.1) is 0 Å². The minimum atomic E-state index is -3.52. The number of likely N-dealkylation sites (tertiary alicyclic amines) is 1. The summed E-state index contributed by atoms with van der Waals surface area (Å²) in [5.74, 6) is 0.0500. The van der Waals surface area contributed by atoms with Gasteiger partial charge in [0.1, 0.15) is 5.75 Å². The normalized spacial score (nSPS) is 15.2. The lowest BCUT2D eigenvalue weighted by Gasteiger charge is -2.31. The van der Waals surface area contributed by atoms with E-state index in [1.807, 2.05) is 0 Å². The molecule has 0 aliphatic carbocycles. The van der Waals surface area contributed by atoms with Crippen LogP contribution in [0.15, 0.2) is 24.3 Å². The molecule has 0 N–H and O–H groups in total. The van der Waals surface area contributed by atoms with E-state index in [0.717, 1.165) is 6.26 Å². The van der Waals surface area contributed by atoms with E-state index in [9.17, 15) is 18.0 Å². The molecular formula is C19H28N2O6S. The van der Waals surface area contributed by atoms with Crippen LogP contribution in [0.5, 0.6) is 5.75 Å². The third-order valence-corrected chi connectivity index (χ3v) is 6.07. The zero-order valence-corrected chi connectivity index (χ0v) is 17.4. The van der Waals surface area contributed by atoms with Gasteiger partial charge in [-0.3, -0.25) is 13.9 Å². The molecule has 0 spiro atoms. The first-order valence-electron chi connectivity index (χ1n) is 9.24. The Morgan fingerprint density at radius 3 is 2.39 bits per heavy atom. The van der Waals surface area contributed by atoms with Gasteiger partial charge < -0.3 is 14.4 Å². The molecule has 2 rings (SSSR count). The molecule has 28 heavy (non-hydrogen) atoms. The molecule has 8 nitrogen and oxygen atoms in total. The van der Waals surface area contributed by atoms with Gasteiger partial charge in [0.15, 0.2) is 0 Å². The van der Waals surface area contributed by atoms with Crippen LogP contribution in [0.3, 0.4) is 0 Å². The number of carbonyl (C=O) groups is 2. The van der Waals surface area contributed by atoms with E-state index in [-0.39, 0.29) is 30.8 Å². The Kier molecular flexibility index (Phi) is 7.68. The van der Waals surface area contributed by atoms with Crippen LogP contribution in [-0.2, 0) is 24.3 Å². The lowest BCUT2D eigenvalue weighted by Crippen LogP contribution is -2.40. The number of hydrogen-bond donors (Lipinski definition) is 0. The van der Waals surface area contributed by atoms with E-state index in [0.29, 0.717) is 43.8 Å². The predicted molar refractivity (Wildman–Crippen MR) is 106 cm³/mol. The van der Waals surface area contributed by atoms with E-state index in [2.05, 4.69) is 0 Å². The summed E-state index contributed by atoms with van der Waals surface area (Å²) in [5, 5.41) is 0. The third-order valence-electron chi connectivity index (χ3n) is 4.89. The number of para-hydroxylation sites is 2. The molecule has 1 heterocycles. The average Bonchev–Trinajstić information content (AvgIpc) is 2.69. The van der Waals surface area contributed by atoms with Crippen molar-refractivity contribution in [3.8, 4) is 5.75 Å². The first-order valence-corrected chi connectivity index (χ1v) is 11.1. The van der Waals surface area contributed by atoms with Crippen molar-refractivity contribution in [3.63, 3.8) is 0 Å². The highest BCUT2D eigenvalue weighted by atomic mass is 32.2. The number of amides is 1. The van der Waals surface area contributed by atoms with Crippen LogP contribution in [-0.4, -0.2) is 65.3 Å². The third kappa shape index (κ3) is 5.60. The maximum Gasteiger partial charge on any atom is 0.308 e. The number of anilines is 1. The van der Waals surface area contributed by atoms with E-state index >= 15 is 0 Å². The molecule has 0 bridgehead atoms. The average molecular weight is 413 g/mol. The number of rotatable bonds is 8. The highest BCUT2D eigenvalue weighted by molar-refractivity contribution is 7.92.